The first-order valence-corrected chi connectivity index (χ1v) is 8.24. The molecule has 0 aromatic heterocycles. The molecular formula is C18H26N2O4. The zero-order valence-corrected chi connectivity index (χ0v) is 14.5. The van der Waals surface area contributed by atoms with Crippen molar-refractivity contribution in [1.29, 1.82) is 0 Å². The molecule has 1 aromatic carbocycles. The number of nitrogens with zero attached hydrogens (tertiary/aromatic N) is 1. The van der Waals surface area contributed by atoms with Crippen LogP contribution in [0.3, 0.4) is 0 Å². The topological polar surface area (TPSA) is 78.9 Å². The van der Waals surface area contributed by atoms with Crippen LogP contribution in [0.5, 0.6) is 5.75 Å². The molecular weight excluding hydrogens is 308 g/mol. The number of benzene rings is 1. The first-order valence-electron chi connectivity index (χ1n) is 8.24. The first-order chi connectivity index (χ1) is 11.4. The Kier molecular flexibility index (Phi) is 6.20. The molecule has 1 aliphatic rings. The van der Waals surface area contributed by atoms with Crippen molar-refractivity contribution in [1.82, 2.24) is 10.2 Å². The van der Waals surface area contributed by atoms with Crippen molar-refractivity contribution >= 4 is 11.8 Å². The second-order valence-corrected chi connectivity index (χ2v) is 6.36. The maximum absolute atomic E-state index is 12.0. The number of aryl methyl sites for hydroxylation is 1. The quantitative estimate of drug-likeness (QED) is 0.810. The van der Waals surface area contributed by atoms with E-state index < -0.39 is 6.10 Å². The second kappa shape index (κ2) is 8.15. The largest absolute Gasteiger partial charge is 0.496 e. The summed E-state index contributed by atoms with van der Waals surface area (Å²) in [6, 6.07) is 5.97. The number of hydrogen-bond acceptors (Lipinski definition) is 4. The molecule has 2 amide bonds. The van der Waals surface area contributed by atoms with Crippen molar-refractivity contribution in [3.05, 3.63) is 29.3 Å². The zero-order valence-electron chi connectivity index (χ0n) is 14.5. The first kappa shape index (κ1) is 18.3. The van der Waals surface area contributed by atoms with Crippen molar-refractivity contribution in [2.45, 2.75) is 32.8 Å². The van der Waals surface area contributed by atoms with E-state index in [0.717, 1.165) is 23.3 Å². The molecule has 1 aromatic rings. The van der Waals surface area contributed by atoms with E-state index in [0.29, 0.717) is 19.6 Å². The number of hydrogen-bond donors (Lipinski definition) is 2. The lowest BCUT2D eigenvalue weighted by Gasteiger charge is -2.14. The highest BCUT2D eigenvalue weighted by molar-refractivity contribution is 5.77. The second-order valence-electron chi connectivity index (χ2n) is 6.36. The van der Waals surface area contributed by atoms with Gasteiger partial charge in [-0.05, 0) is 30.5 Å². The molecule has 1 saturated heterocycles. The highest BCUT2D eigenvalue weighted by atomic mass is 16.5. The number of β-amino-alcohol motifs (C(OH)–C–C–N with tert-alkyl or cyclic N) is 1. The molecule has 2 rings (SSSR count). The number of amides is 2. The van der Waals surface area contributed by atoms with E-state index >= 15 is 0 Å². The SMILES string of the molecule is COc1ccc(CCNC(=O)C[C@H]2CN(C(C)=O)C[C@@H]2O)cc1C. The molecule has 0 unspecified atom stereocenters. The Hall–Kier alpha value is -2.08. The van der Waals surface area contributed by atoms with Gasteiger partial charge in [0.05, 0.1) is 13.2 Å². The molecule has 0 saturated carbocycles. The molecule has 132 valence electrons. The third-order valence-electron chi connectivity index (χ3n) is 4.49. The molecule has 1 heterocycles. The fourth-order valence-corrected chi connectivity index (χ4v) is 3.06. The number of ether oxygens (including phenoxy) is 1. The Bertz CT molecular complexity index is 603. The van der Waals surface area contributed by atoms with E-state index in [-0.39, 0.29) is 24.2 Å². The van der Waals surface area contributed by atoms with Gasteiger partial charge >= 0.3 is 0 Å². The van der Waals surface area contributed by atoms with Gasteiger partial charge in [0.25, 0.3) is 0 Å². The van der Waals surface area contributed by atoms with E-state index in [1.165, 1.54) is 6.92 Å². The van der Waals surface area contributed by atoms with Gasteiger partial charge in [-0.2, -0.15) is 0 Å². The summed E-state index contributed by atoms with van der Waals surface area (Å²) < 4.78 is 5.23. The number of rotatable bonds is 6. The van der Waals surface area contributed by atoms with Crippen molar-refractivity contribution in [2.75, 3.05) is 26.7 Å². The van der Waals surface area contributed by atoms with Crippen molar-refractivity contribution in [3.8, 4) is 5.75 Å². The summed E-state index contributed by atoms with van der Waals surface area (Å²) in [4.78, 5) is 24.9. The summed E-state index contributed by atoms with van der Waals surface area (Å²) in [5.74, 6) is 0.520. The zero-order chi connectivity index (χ0) is 17.7. The predicted octanol–water partition coefficient (Wildman–Crippen LogP) is 0.892. The molecule has 0 aliphatic carbocycles. The van der Waals surface area contributed by atoms with Crippen LogP contribution >= 0.6 is 0 Å². The summed E-state index contributed by atoms with van der Waals surface area (Å²) >= 11 is 0. The minimum absolute atomic E-state index is 0.0631. The Morgan fingerprint density at radius 1 is 1.38 bits per heavy atom. The molecule has 6 heteroatoms. The Morgan fingerprint density at radius 2 is 2.12 bits per heavy atom. The molecule has 0 spiro atoms. The van der Waals surface area contributed by atoms with Gasteiger partial charge in [-0.3, -0.25) is 9.59 Å². The average Bonchev–Trinajstić information content (AvgIpc) is 2.89. The third-order valence-corrected chi connectivity index (χ3v) is 4.49. The van der Waals surface area contributed by atoms with Crippen LogP contribution in [0.25, 0.3) is 0 Å². The molecule has 1 aliphatic heterocycles. The third kappa shape index (κ3) is 4.71. The molecule has 0 bridgehead atoms. The Morgan fingerprint density at radius 3 is 2.71 bits per heavy atom. The number of aliphatic hydroxyl groups is 1. The Balaban J connectivity index is 1.75. The number of aliphatic hydroxyl groups excluding tert-OH is 1. The van der Waals surface area contributed by atoms with Crippen LogP contribution in [0.2, 0.25) is 0 Å². The van der Waals surface area contributed by atoms with Crippen molar-refractivity contribution in [2.24, 2.45) is 5.92 Å². The minimum Gasteiger partial charge on any atom is -0.496 e. The van der Waals surface area contributed by atoms with E-state index in [1.807, 2.05) is 19.1 Å². The van der Waals surface area contributed by atoms with Crippen molar-refractivity contribution in [3.63, 3.8) is 0 Å². The number of likely N-dealkylation sites (tertiary alicyclic amines) is 1. The number of nitrogens with one attached hydrogen (secondary N) is 1. The maximum atomic E-state index is 12.0. The lowest BCUT2D eigenvalue weighted by Crippen LogP contribution is -2.31. The standard InChI is InChI=1S/C18H26N2O4/c1-12-8-14(4-5-17(12)24-3)6-7-19-18(23)9-15-10-20(13(2)21)11-16(15)22/h4-5,8,15-16,22H,6-7,9-11H2,1-3H3,(H,19,23)/t15-,16-/m0/s1. The van der Waals surface area contributed by atoms with E-state index in [2.05, 4.69) is 11.4 Å². The number of carbonyl (C=O) groups excluding carboxylic acids is 2. The van der Waals surface area contributed by atoms with Crippen LogP contribution in [-0.2, 0) is 16.0 Å². The summed E-state index contributed by atoms with van der Waals surface area (Å²) in [5, 5.41) is 12.8. The van der Waals surface area contributed by atoms with Gasteiger partial charge in [0.1, 0.15) is 5.75 Å². The summed E-state index contributed by atoms with van der Waals surface area (Å²) in [7, 11) is 1.65. The molecule has 2 N–H and O–H groups in total. The van der Waals surface area contributed by atoms with E-state index in [4.69, 9.17) is 4.74 Å². The van der Waals surface area contributed by atoms with Gasteiger partial charge in [-0.25, -0.2) is 0 Å². The van der Waals surface area contributed by atoms with Gasteiger partial charge in [0.2, 0.25) is 11.8 Å². The van der Waals surface area contributed by atoms with E-state index in [9.17, 15) is 14.7 Å². The summed E-state index contributed by atoms with van der Waals surface area (Å²) in [6.07, 6.45) is 0.361. The van der Waals surface area contributed by atoms with Crippen LogP contribution in [0.4, 0.5) is 0 Å². The van der Waals surface area contributed by atoms with Crippen LogP contribution in [-0.4, -0.2) is 54.7 Å². The van der Waals surface area contributed by atoms with Crippen LogP contribution in [0, 0.1) is 12.8 Å². The molecule has 0 radical (unpaired) electrons. The van der Waals surface area contributed by atoms with E-state index in [1.54, 1.807) is 12.0 Å². The molecule has 2 atom stereocenters. The highest BCUT2D eigenvalue weighted by Crippen LogP contribution is 2.21. The fraction of sp³-hybridized carbons (Fsp3) is 0.556. The van der Waals surface area contributed by atoms with Crippen LogP contribution in [0.1, 0.15) is 24.5 Å². The van der Waals surface area contributed by atoms with Gasteiger partial charge in [-0.15, -0.1) is 0 Å². The highest BCUT2D eigenvalue weighted by Gasteiger charge is 2.33. The van der Waals surface area contributed by atoms with Gasteiger partial charge in [0, 0.05) is 38.9 Å². The summed E-state index contributed by atoms with van der Waals surface area (Å²) in [6.45, 7) is 4.78. The predicted molar refractivity (Wildman–Crippen MR) is 90.8 cm³/mol. The fourth-order valence-electron chi connectivity index (χ4n) is 3.06. The minimum atomic E-state index is -0.621. The van der Waals surface area contributed by atoms with Gasteiger partial charge in [-0.1, -0.05) is 12.1 Å². The maximum Gasteiger partial charge on any atom is 0.220 e. The Labute approximate surface area is 142 Å². The number of carbonyl (C=O) groups is 2. The van der Waals surface area contributed by atoms with Gasteiger partial charge in [0.15, 0.2) is 0 Å². The van der Waals surface area contributed by atoms with Crippen LogP contribution in [0.15, 0.2) is 18.2 Å². The molecule has 24 heavy (non-hydrogen) atoms. The lowest BCUT2D eigenvalue weighted by atomic mass is 10.0. The smallest absolute Gasteiger partial charge is 0.220 e. The average molecular weight is 334 g/mol. The molecule has 6 nitrogen and oxygen atoms in total. The molecule has 1 fully saturated rings. The number of methoxy groups -OCH3 is 1. The van der Waals surface area contributed by atoms with Gasteiger partial charge < -0.3 is 20.1 Å². The summed E-state index contributed by atoms with van der Waals surface area (Å²) in [5.41, 5.74) is 2.21. The monoisotopic (exact) mass is 334 g/mol. The van der Waals surface area contributed by atoms with Crippen molar-refractivity contribution < 1.29 is 19.4 Å². The normalized spacial score (nSPS) is 20.1. The lowest BCUT2D eigenvalue weighted by molar-refractivity contribution is -0.128. The van der Waals surface area contributed by atoms with Crippen LogP contribution < -0.4 is 10.1 Å².